The minimum atomic E-state index is -0.739. The summed E-state index contributed by atoms with van der Waals surface area (Å²) in [5.41, 5.74) is 4.82. The topological polar surface area (TPSA) is 158 Å². The summed E-state index contributed by atoms with van der Waals surface area (Å²) in [6.45, 7) is 0.233. The summed E-state index contributed by atoms with van der Waals surface area (Å²) in [4.78, 5) is 31.6. The number of nitro groups is 3. The van der Waals surface area contributed by atoms with Gasteiger partial charge in [0.05, 0.1) is 20.8 Å². The first-order valence-electron chi connectivity index (χ1n) is 11.3. The molecule has 4 rings (SSSR count). The van der Waals surface area contributed by atoms with E-state index in [1.165, 1.54) is 35.9 Å². The number of aromatic nitrogens is 1. The Kier molecular flexibility index (Phi) is 9.48. The van der Waals surface area contributed by atoms with E-state index in [0.29, 0.717) is 11.3 Å². The zero-order valence-corrected chi connectivity index (χ0v) is 21.8. The molecule has 0 bridgehead atoms. The van der Waals surface area contributed by atoms with Crippen LogP contribution in [-0.4, -0.2) is 20.5 Å². The molecule has 0 aliphatic rings. The first-order chi connectivity index (χ1) is 18.3. The number of anilines is 1. The molecule has 0 radical (unpaired) electrons. The molecule has 0 aliphatic heterocycles. The van der Waals surface area contributed by atoms with E-state index in [-0.39, 0.29) is 34.9 Å². The van der Waals surface area contributed by atoms with E-state index < -0.39 is 26.1 Å². The SMILES string of the molecule is O=[N+]([O-])c1ccc(/C(C[n+]2ccc(Cc3ccccc3)cc2)=N/Nc2ccc([N+](=O)[O-])cc2[N+](=O)[O-])cc1.[Br-]. The molecule has 0 atom stereocenters. The lowest BCUT2D eigenvalue weighted by atomic mass is 10.1. The number of nitrogens with zero attached hydrogens (tertiary/aromatic N) is 5. The number of hydrogen-bond acceptors (Lipinski definition) is 8. The molecule has 0 fully saturated rings. The van der Waals surface area contributed by atoms with Crippen LogP contribution in [0.5, 0.6) is 0 Å². The van der Waals surface area contributed by atoms with Crippen LogP contribution in [-0.2, 0) is 13.0 Å². The van der Waals surface area contributed by atoms with Crippen molar-refractivity contribution in [2.45, 2.75) is 13.0 Å². The average Bonchev–Trinajstić information content (AvgIpc) is 2.92. The van der Waals surface area contributed by atoms with Gasteiger partial charge in [-0.15, -0.1) is 0 Å². The fraction of sp³-hybridized carbons (Fsp3) is 0.0769. The Morgan fingerprint density at radius 3 is 1.92 bits per heavy atom. The van der Waals surface area contributed by atoms with E-state index in [1.807, 2.05) is 59.4 Å². The van der Waals surface area contributed by atoms with Gasteiger partial charge in [-0.25, -0.2) is 0 Å². The molecule has 4 aromatic rings. The number of non-ortho nitro benzene ring substituents is 2. The maximum Gasteiger partial charge on any atom is 0.301 e. The fourth-order valence-electron chi connectivity index (χ4n) is 3.69. The second-order valence-corrected chi connectivity index (χ2v) is 8.23. The number of hydrogen-bond donors (Lipinski definition) is 1. The molecule has 0 saturated carbocycles. The van der Waals surface area contributed by atoms with Crippen LogP contribution in [0.3, 0.4) is 0 Å². The van der Waals surface area contributed by atoms with Crippen molar-refractivity contribution in [3.63, 3.8) is 0 Å². The third-order valence-corrected chi connectivity index (χ3v) is 5.66. The van der Waals surface area contributed by atoms with Crippen LogP contribution in [0, 0.1) is 30.3 Å². The lowest BCUT2D eigenvalue weighted by molar-refractivity contribution is -0.681. The highest BCUT2D eigenvalue weighted by atomic mass is 79.9. The quantitative estimate of drug-likeness (QED) is 0.127. The van der Waals surface area contributed by atoms with Crippen LogP contribution in [0.1, 0.15) is 16.7 Å². The van der Waals surface area contributed by atoms with E-state index in [9.17, 15) is 30.3 Å². The maximum atomic E-state index is 11.5. The lowest BCUT2D eigenvalue weighted by Gasteiger charge is -2.07. The molecule has 0 aliphatic carbocycles. The molecule has 0 amide bonds. The van der Waals surface area contributed by atoms with Crippen molar-refractivity contribution in [1.82, 2.24) is 0 Å². The number of nitrogens with one attached hydrogen (secondary N) is 1. The van der Waals surface area contributed by atoms with Crippen LogP contribution in [0.2, 0.25) is 0 Å². The Bertz CT molecular complexity index is 1510. The van der Waals surface area contributed by atoms with Gasteiger partial charge in [-0.05, 0) is 35.7 Å². The molecule has 1 aromatic heterocycles. The molecule has 3 aromatic carbocycles. The molecule has 0 spiro atoms. The standard InChI is InChI=1S/C26H21N6O6.BrH/c33-30(34)22-8-6-21(7-9-22)25(28-27-24-11-10-23(31(35)36)17-26(24)32(37)38)18-29-14-12-20(13-15-29)16-19-4-2-1-3-5-19;/h1-15,17,27H,16,18H2;1H/q+1;/p-1/b28-25+;. The summed E-state index contributed by atoms with van der Waals surface area (Å²) in [6, 6.07) is 22.9. The maximum absolute atomic E-state index is 11.5. The summed E-state index contributed by atoms with van der Waals surface area (Å²) in [6.07, 6.45) is 4.50. The average molecular weight is 593 g/mol. The Hall–Kier alpha value is -5.04. The van der Waals surface area contributed by atoms with Crippen LogP contribution in [0.15, 0.2) is 102 Å². The van der Waals surface area contributed by atoms with Crippen molar-refractivity contribution >= 4 is 28.5 Å². The molecule has 0 unspecified atom stereocenters. The molecular formula is C26H21BrN6O6. The Balaban J connectivity index is 0.00000420. The lowest BCUT2D eigenvalue weighted by Crippen LogP contribution is -3.00. The minimum absolute atomic E-state index is 0. The van der Waals surface area contributed by atoms with Gasteiger partial charge in [0.15, 0.2) is 18.9 Å². The number of pyridine rings is 1. The monoisotopic (exact) mass is 592 g/mol. The van der Waals surface area contributed by atoms with Crippen molar-refractivity contribution in [3.8, 4) is 0 Å². The zero-order valence-electron chi connectivity index (χ0n) is 20.2. The van der Waals surface area contributed by atoms with E-state index in [2.05, 4.69) is 10.5 Å². The highest BCUT2D eigenvalue weighted by Gasteiger charge is 2.20. The number of benzene rings is 3. The van der Waals surface area contributed by atoms with E-state index in [4.69, 9.17) is 0 Å². The first kappa shape index (κ1) is 28.5. The Labute approximate surface area is 232 Å². The summed E-state index contributed by atoms with van der Waals surface area (Å²) in [5.74, 6) is 0. The van der Waals surface area contributed by atoms with Gasteiger partial charge in [-0.2, -0.15) is 9.67 Å². The van der Waals surface area contributed by atoms with Crippen molar-refractivity contribution in [1.29, 1.82) is 0 Å². The molecule has 12 nitrogen and oxygen atoms in total. The third-order valence-electron chi connectivity index (χ3n) is 5.66. The van der Waals surface area contributed by atoms with Gasteiger partial charge >= 0.3 is 5.69 Å². The second kappa shape index (κ2) is 13.0. The summed E-state index contributed by atoms with van der Waals surface area (Å²) < 4.78 is 1.85. The number of rotatable bonds is 10. The smallest absolute Gasteiger partial charge is 0.301 e. The molecule has 0 saturated heterocycles. The Morgan fingerprint density at radius 1 is 0.744 bits per heavy atom. The van der Waals surface area contributed by atoms with Crippen LogP contribution in [0.4, 0.5) is 22.7 Å². The van der Waals surface area contributed by atoms with Crippen molar-refractivity contribution in [2.24, 2.45) is 5.10 Å². The van der Waals surface area contributed by atoms with Crippen LogP contribution >= 0.6 is 0 Å². The van der Waals surface area contributed by atoms with Crippen LogP contribution < -0.4 is 27.0 Å². The summed E-state index contributed by atoms with van der Waals surface area (Å²) in [7, 11) is 0. The van der Waals surface area contributed by atoms with E-state index >= 15 is 0 Å². The zero-order chi connectivity index (χ0) is 27.1. The molecule has 1 heterocycles. The largest absolute Gasteiger partial charge is 1.00 e. The van der Waals surface area contributed by atoms with Gasteiger partial charge in [0.1, 0.15) is 11.4 Å². The molecule has 1 N–H and O–H groups in total. The van der Waals surface area contributed by atoms with Gasteiger partial charge in [-0.1, -0.05) is 30.3 Å². The first-order valence-corrected chi connectivity index (χ1v) is 11.3. The van der Waals surface area contributed by atoms with Crippen LogP contribution in [0.25, 0.3) is 0 Å². The van der Waals surface area contributed by atoms with Gasteiger partial charge in [0.25, 0.3) is 11.4 Å². The molecular weight excluding hydrogens is 572 g/mol. The molecule has 39 heavy (non-hydrogen) atoms. The highest BCUT2D eigenvalue weighted by Crippen LogP contribution is 2.29. The van der Waals surface area contributed by atoms with Gasteiger partial charge in [0, 0.05) is 35.9 Å². The van der Waals surface area contributed by atoms with Crippen molar-refractivity contribution < 1.29 is 36.3 Å². The second-order valence-electron chi connectivity index (χ2n) is 8.23. The fourth-order valence-corrected chi connectivity index (χ4v) is 3.69. The Morgan fingerprint density at radius 2 is 1.33 bits per heavy atom. The summed E-state index contributed by atoms with van der Waals surface area (Å²) in [5, 5.41) is 37.9. The molecule has 198 valence electrons. The predicted molar refractivity (Wildman–Crippen MR) is 139 cm³/mol. The predicted octanol–water partition coefficient (Wildman–Crippen LogP) is 1.81. The molecule has 13 heteroatoms. The summed E-state index contributed by atoms with van der Waals surface area (Å²) >= 11 is 0. The van der Waals surface area contributed by atoms with Crippen molar-refractivity contribution in [2.75, 3.05) is 5.43 Å². The van der Waals surface area contributed by atoms with Gasteiger partial charge < -0.3 is 17.0 Å². The van der Waals surface area contributed by atoms with Gasteiger partial charge in [0.2, 0.25) is 0 Å². The minimum Gasteiger partial charge on any atom is -1.00 e. The van der Waals surface area contributed by atoms with Crippen molar-refractivity contribution in [3.05, 3.63) is 144 Å². The normalized spacial score (nSPS) is 10.8. The third kappa shape index (κ3) is 7.49. The van der Waals surface area contributed by atoms with Gasteiger partial charge in [-0.3, -0.25) is 35.8 Å². The highest BCUT2D eigenvalue weighted by molar-refractivity contribution is 6.00. The number of hydrazone groups is 1. The van der Waals surface area contributed by atoms with E-state index in [1.54, 1.807) is 0 Å². The number of halogens is 1. The number of nitro benzene ring substituents is 3. The van der Waals surface area contributed by atoms with E-state index in [0.717, 1.165) is 24.1 Å².